The van der Waals surface area contributed by atoms with E-state index in [0.717, 1.165) is 12.3 Å². The molecule has 0 atom stereocenters. The van der Waals surface area contributed by atoms with E-state index < -0.39 is 16.7 Å². The van der Waals surface area contributed by atoms with Crippen LogP contribution in [0.3, 0.4) is 0 Å². The summed E-state index contributed by atoms with van der Waals surface area (Å²) < 4.78 is 38.8. The van der Waals surface area contributed by atoms with Gasteiger partial charge in [0.25, 0.3) is 5.69 Å². The van der Waals surface area contributed by atoms with Crippen LogP contribution in [0.25, 0.3) is 11.3 Å². The van der Waals surface area contributed by atoms with E-state index in [9.17, 15) is 23.3 Å². The van der Waals surface area contributed by atoms with Crippen LogP contribution >= 0.6 is 11.3 Å². The van der Waals surface area contributed by atoms with Crippen molar-refractivity contribution in [2.75, 3.05) is 5.43 Å². The largest absolute Gasteiger partial charge is 0.417 e. The molecular weight excluding hydrogens is 381 g/mol. The molecule has 0 aliphatic rings. The van der Waals surface area contributed by atoms with Gasteiger partial charge in [0.05, 0.1) is 22.4 Å². The second kappa shape index (κ2) is 7.54. The van der Waals surface area contributed by atoms with Crippen molar-refractivity contribution in [2.45, 2.75) is 6.18 Å². The molecule has 1 N–H and O–H groups in total. The van der Waals surface area contributed by atoms with E-state index >= 15 is 0 Å². The van der Waals surface area contributed by atoms with E-state index in [4.69, 9.17) is 0 Å². The number of hydrogen-bond donors (Lipinski definition) is 1. The lowest BCUT2D eigenvalue weighted by Gasteiger charge is -2.08. The fraction of sp³-hybridized carbons (Fsp3) is 0.0588. The van der Waals surface area contributed by atoms with Crippen molar-refractivity contribution < 1.29 is 18.1 Å². The number of hydrogen-bond acceptors (Lipinski definition) is 6. The maximum absolute atomic E-state index is 12.9. The number of hydrazone groups is 1. The standard InChI is InChI=1S/C17H11F3N4O2S/c18-17(19,20)14-4-2-1-3-12(14)9-21-23-16-22-15(10-27-16)11-5-7-13(8-6-11)24(25)26/h1-10H,(H,22,23)/b21-9-. The first-order chi connectivity index (χ1) is 12.8. The molecule has 1 aromatic heterocycles. The summed E-state index contributed by atoms with van der Waals surface area (Å²) >= 11 is 1.21. The van der Waals surface area contributed by atoms with Crippen LogP contribution in [0, 0.1) is 10.1 Å². The number of anilines is 1. The Kier molecular flexibility index (Phi) is 5.17. The lowest BCUT2D eigenvalue weighted by Crippen LogP contribution is -2.08. The minimum Gasteiger partial charge on any atom is -0.258 e. The number of benzene rings is 2. The first-order valence-corrected chi connectivity index (χ1v) is 8.38. The summed E-state index contributed by atoms with van der Waals surface area (Å²) in [5, 5.41) is 16.6. The van der Waals surface area contributed by atoms with E-state index in [1.807, 2.05) is 0 Å². The van der Waals surface area contributed by atoms with E-state index in [1.165, 1.54) is 41.7 Å². The number of nitro benzene ring substituents is 1. The number of rotatable bonds is 5. The zero-order valence-electron chi connectivity index (χ0n) is 13.5. The smallest absolute Gasteiger partial charge is 0.258 e. The molecule has 0 fully saturated rings. The normalized spacial score (nSPS) is 11.7. The lowest BCUT2D eigenvalue weighted by atomic mass is 10.1. The molecule has 138 valence electrons. The van der Waals surface area contributed by atoms with Crippen molar-refractivity contribution in [3.05, 3.63) is 75.2 Å². The molecule has 27 heavy (non-hydrogen) atoms. The summed E-state index contributed by atoms with van der Waals surface area (Å²) in [6.45, 7) is 0. The number of alkyl halides is 3. The Labute approximate surface area is 155 Å². The average molecular weight is 392 g/mol. The minimum absolute atomic E-state index is 0.0275. The second-order valence-corrected chi connectivity index (χ2v) is 6.15. The monoisotopic (exact) mass is 392 g/mol. The van der Waals surface area contributed by atoms with E-state index in [1.54, 1.807) is 17.5 Å². The van der Waals surface area contributed by atoms with Gasteiger partial charge in [-0.25, -0.2) is 4.98 Å². The molecule has 0 radical (unpaired) electrons. The summed E-state index contributed by atoms with van der Waals surface area (Å²) in [7, 11) is 0. The summed E-state index contributed by atoms with van der Waals surface area (Å²) in [6.07, 6.45) is -3.39. The third-order valence-electron chi connectivity index (χ3n) is 3.51. The third-order valence-corrected chi connectivity index (χ3v) is 4.26. The minimum atomic E-state index is -4.47. The van der Waals surface area contributed by atoms with E-state index in [-0.39, 0.29) is 11.3 Å². The van der Waals surface area contributed by atoms with Gasteiger partial charge in [-0.3, -0.25) is 15.5 Å². The number of nitrogens with zero attached hydrogens (tertiary/aromatic N) is 3. The Balaban J connectivity index is 1.72. The molecule has 6 nitrogen and oxygen atoms in total. The van der Waals surface area contributed by atoms with Crippen molar-refractivity contribution in [3.63, 3.8) is 0 Å². The van der Waals surface area contributed by atoms with E-state index in [2.05, 4.69) is 15.5 Å². The highest BCUT2D eigenvalue weighted by molar-refractivity contribution is 7.14. The number of aromatic nitrogens is 1. The predicted octanol–water partition coefficient (Wildman–Crippen LogP) is 5.18. The van der Waals surface area contributed by atoms with Crippen LogP contribution in [0.15, 0.2) is 59.0 Å². The van der Waals surface area contributed by atoms with Crippen LogP contribution < -0.4 is 5.43 Å². The van der Waals surface area contributed by atoms with Gasteiger partial charge in [0.2, 0.25) is 5.13 Å². The van der Waals surface area contributed by atoms with Gasteiger partial charge in [-0.2, -0.15) is 18.3 Å². The molecule has 0 unspecified atom stereocenters. The fourth-order valence-corrected chi connectivity index (χ4v) is 2.90. The summed E-state index contributed by atoms with van der Waals surface area (Å²) in [6, 6.07) is 11.0. The van der Waals surface area contributed by atoms with Crippen molar-refractivity contribution in [1.29, 1.82) is 0 Å². The van der Waals surface area contributed by atoms with Gasteiger partial charge < -0.3 is 0 Å². The van der Waals surface area contributed by atoms with Crippen molar-refractivity contribution in [2.24, 2.45) is 5.10 Å². The molecule has 0 aliphatic carbocycles. The van der Waals surface area contributed by atoms with Crippen LogP contribution in [0.5, 0.6) is 0 Å². The summed E-state index contributed by atoms with van der Waals surface area (Å²) in [4.78, 5) is 14.4. The maximum Gasteiger partial charge on any atom is 0.417 e. The van der Waals surface area contributed by atoms with Crippen molar-refractivity contribution in [1.82, 2.24) is 4.98 Å². The summed E-state index contributed by atoms with van der Waals surface area (Å²) in [5.41, 5.74) is 2.97. The molecule has 3 aromatic rings. The van der Waals surface area contributed by atoms with Gasteiger partial charge in [-0.05, 0) is 18.2 Å². The van der Waals surface area contributed by atoms with Crippen LogP contribution in [0.4, 0.5) is 24.0 Å². The molecular formula is C17H11F3N4O2S. The molecule has 3 rings (SSSR count). The van der Waals surface area contributed by atoms with Crippen molar-refractivity contribution in [3.8, 4) is 11.3 Å². The Hall–Kier alpha value is -3.27. The topological polar surface area (TPSA) is 80.4 Å². The molecule has 0 aliphatic heterocycles. The Morgan fingerprint density at radius 3 is 2.52 bits per heavy atom. The fourth-order valence-electron chi connectivity index (χ4n) is 2.24. The molecule has 0 bridgehead atoms. The van der Waals surface area contributed by atoms with Gasteiger partial charge in [0.1, 0.15) is 0 Å². The zero-order chi connectivity index (χ0) is 19.4. The van der Waals surface area contributed by atoms with Crippen LogP contribution in [-0.2, 0) is 6.18 Å². The number of nitrogens with one attached hydrogen (secondary N) is 1. The molecule has 10 heteroatoms. The summed E-state index contributed by atoms with van der Waals surface area (Å²) in [5.74, 6) is 0. The van der Waals surface area contributed by atoms with Gasteiger partial charge >= 0.3 is 6.18 Å². The average Bonchev–Trinajstić information content (AvgIpc) is 3.10. The number of halogens is 3. The first-order valence-electron chi connectivity index (χ1n) is 7.50. The molecule has 0 saturated heterocycles. The second-order valence-electron chi connectivity index (χ2n) is 5.30. The zero-order valence-corrected chi connectivity index (χ0v) is 14.3. The van der Waals surface area contributed by atoms with Gasteiger partial charge in [-0.1, -0.05) is 18.2 Å². The van der Waals surface area contributed by atoms with Gasteiger partial charge in [-0.15, -0.1) is 11.3 Å². The van der Waals surface area contributed by atoms with Gasteiger partial charge in [0, 0.05) is 28.6 Å². The molecule has 0 amide bonds. The third kappa shape index (κ3) is 4.47. The highest BCUT2D eigenvalue weighted by atomic mass is 32.1. The molecule has 0 spiro atoms. The number of nitro groups is 1. The van der Waals surface area contributed by atoms with Crippen LogP contribution in [0.1, 0.15) is 11.1 Å². The lowest BCUT2D eigenvalue weighted by molar-refractivity contribution is -0.384. The Morgan fingerprint density at radius 1 is 1.15 bits per heavy atom. The van der Waals surface area contributed by atoms with Gasteiger partial charge in [0.15, 0.2) is 0 Å². The quantitative estimate of drug-likeness (QED) is 0.368. The van der Waals surface area contributed by atoms with Crippen molar-refractivity contribution >= 4 is 28.4 Å². The first kappa shape index (κ1) is 18.5. The number of non-ortho nitro benzene ring substituents is 1. The maximum atomic E-state index is 12.9. The van der Waals surface area contributed by atoms with Crippen LogP contribution in [-0.4, -0.2) is 16.1 Å². The Morgan fingerprint density at radius 2 is 1.85 bits per heavy atom. The van der Waals surface area contributed by atoms with Crippen LogP contribution in [0.2, 0.25) is 0 Å². The molecule has 0 saturated carbocycles. The highest BCUT2D eigenvalue weighted by Gasteiger charge is 2.32. The van der Waals surface area contributed by atoms with E-state index in [0.29, 0.717) is 16.4 Å². The number of thiazole rings is 1. The molecule has 2 aromatic carbocycles. The highest BCUT2D eigenvalue weighted by Crippen LogP contribution is 2.31. The Bertz CT molecular complexity index is 984. The predicted molar refractivity (Wildman–Crippen MR) is 96.9 cm³/mol. The SMILES string of the molecule is O=[N+]([O-])c1ccc(-c2csc(N/N=C\c3ccccc3C(F)(F)F)n2)cc1. The molecule has 1 heterocycles.